The Labute approximate surface area is 187 Å². The molecule has 6 nitrogen and oxygen atoms in total. The minimum absolute atomic E-state index is 0.241. The van der Waals surface area contributed by atoms with Crippen LogP contribution in [0.25, 0.3) is 0 Å². The molecule has 164 valence electrons. The molecule has 32 heavy (non-hydrogen) atoms. The van der Waals surface area contributed by atoms with Crippen molar-refractivity contribution in [1.29, 1.82) is 0 Å². The predicted molar refractivity (Wildman–Crippen MR) is 120 cm³/mol. The van der Waals surface area contributed by atoms with Gasteiger partial charge in [0, 0.05) is 18.2 Å². The first-order valence-corrected chi connectivity index (χ1v) is 10.4. The van der Waals surface area contributed by atoms with Crippen LogP contribution in [0.3, 0.4) is 0 Å². The van der Waals surface area contributed by atoms with Gasteiger partial charge < -0.3 is 23.9 Å². The molecule has 1 aliphatic heterocycles. The van der Waals surface area contributed by atoms with Crippen molar-refractivity contribution in [2.24, 2.45) is 0 Å². The van der Waals surface area contributed by atoms with Gasteiger partial charge in [0.25, 0.3) is 5.91 Å². The number of carbonyl (C=O) groups is 2. The Morgan fingerprint density at radius 3 is 2.34 bits per heavy atom. The number of ether oxygens (including phenoxy) is 3. The number of hydrogen-bond acceptors (Lipinski definition) is 5. The van der Waals surface area contributed by atoms with Crippen molar-refractivity contribution in [2.75, 3.05) is 20.8 Å². The molecule has 3 aromatic rings. The van der Waals surface area contributed by atoms with E-state index in [1.807, 2.05) is 48.5 Å². The Balaban J connectivity index is 1.55. The fourth-order valence-corrected chi connectivity index (χ4v) is 3.94. The molecule has 1 aliphatic rings. The van der Waals surface area contributed by atoms with E-state index in [-0.39, 0.29) is 5.91 Å². The molecule has 4 rings (SSSR count). The average molecular weight is 431 g/mol. The number of rotatable bonds is 7. The number of benzene rings is 3. The van der Waals surface area contributed by atoms with Crippen LogP contribution in [0.4, 0.5) is 0 Å². The van der Waals surface area contributed by atoms with E-state index >= 15 is 0 Å². The standard InChI is InChI=1S/C26H25NO5/c1-30-22-13-20(14-23(15-22)31-2)26(29)27-11-10-19-12-21(8-9-24(19)25(27)16-28)32-17-18-6-4-3-5-7-18/h3-9,12-16,25H,10-11,17H2,1-2H3. The van der Waals surface area contributed by atoms with Crippen LogP contribution in [-0.4, -0.2) is 37.9 Å². The van der Waals surface area contributed by atoms with Crippen LogP contribution in [0.1, 0.15) is 33.1 Å². The second kappa shape index (κ2) is 9.56. The van der Waals surface area contributed by atoms with Crippen molar-refractivity contribution in [1.82, 2.24) is 4.90 Å². The maximum absolute atomic E-state index is 13.3. The summed E-state index contributed by atoms with van der Waals surface area (Å²) in [5, 5.41) is 0. The fraction of sp³-hybridized carbons (Fsp3) is 0.231. The van der Waals surface area contributed by atoms with Crippen LogP contribution in [0.5, 0.6) is 17.2 Å². The van der Waals surface area contributed by atoms with E-state index in [1.165, 1.54) is 14.2 Å². The van der Waals surface area contributed by atoms with E-state index in [0.717, 1.165) is 28.7 Å². The minimum atomic E-state index is -0.661. The molecular formula is C26H25NO5. The van der Waals surface area contributed by atoms with Gasteiger partial charge in [0.05, 0.1) is 14.2 Å². The first-order valence-electron chi connectivity index (χ1n) is 10.4. The zero-order valence-electron chi connectivity index (χ0n) is 18.1. The van der Waals surface area contributed by atoms with Gasteiger partial charge >= 0.3 is 0 Å². The summed E-state index contributed by atoms with van der Waals surface area (Å²) in [5.41, 5.74) is 3.34. The number of nitrogens with zero attached hydrogens (tertiary/aromatic N) is 1. The molecular weight excluding hydrogens is 406 g/mol. The van der Waals surface area contributed by atoms with Gasteiger partial charge in [-0.3, -0.25) is 4.79 Å². The molecule has 0 radical (unpaired) electrons. The lowest BCUT2D eigenvalue weighted by Gasteiger charge is -2.34. The summed E-state index contributed by atoms with van der Waals surface area (Å²) in [4.78, 5) is 26.9. The van der Waals surface area contributed by atoms with Gasteiger partial charge in [-0.25, -0.2) is 0 Å². The van der Waals surface area contributed by atoms with Gasteiger partial charge in [0.1, 0.15) is 36.2 Å². The van der Waals surface area contributed by atoms with Gasteiger partial charge in [-0.05, 0) is 47.4 Å². The van der Waals surface area contributed by atoms with Crippen LogP contribution in [0.15, 0.2) is 66.7 Å². The quantitative estimate of drug-likeness (QED) is 0.524. The predicted octanol–water partition coefficient (Wildman–Crippen LogP) is 4.22. The van der Waals surface area contributed by atoms with Gasteiger partial charge in [-0.15, -0.1) is 0 Å². The maximum Gasteiger partial charge on any atom is 0.255 e. The highest BCUT2D eigenvalue weighted by atomic mass is 16.5. The summed E-state index contributed by atoms with van der Waals surface area (Å²) >= 11 is 0. The molecule has 0 saturated heterocycles. The third kappa shape index (κ3) is 4.44. The molecule has 0 aliphatic carbocycles. The summed E-state index contributed by atoms with van der Waals surface area (Å²) in [6.45, 7) is 0.899. The summed E-state index contributed by atoms with van der Waals surface area (Å²) in [6, 6.07) is 20.0. The first-order chi connectivity index (χ1) is 15.6. The number of amides is 1. The summed E-state index contributed by atoms with van der Waals surface area (Å²) in [6.07, 6.45) is 1.45. The van der Waals surface area contributed by atoms with Gasteiger partial charge in [0.15, 0.2) is 0 Å². The van der Waals surface area contributed by atoms with Crippen LogP contribution in [0, 0.1) is 0 Å². The lowest BCUT2D eigenvalue weighted by molar-refractivity contribution is -0.112. The monoisotopic (exact) mass is 431 g/mol. The van der Waals surface area contributed by atoms with Crippen LogP contribution in [-0.2, 0) is 17.8 Å². The normalized spacial score (nSPS) is 14.9. The van der Waals surface area contributed by atoms with E-state index in [1.54, 1.807) is 23.1 Å². The molecule has 1 unspecified atom stereocenters. The Morgan fingerprint density at radius 2 is 1.69 bits per heavy atom. The van der Waals surface area contributed by atoms with Crippen molar-refractivity contribution in [3.8, 4) is 17.2 Å². The highest BCUT2D eigenvalue weighted by Gasteiger charge is 2.31. The lowest BCUT2D eigenvalue weighted by Crippen LogP contribution is -2.40. The van der Waals surface area contributed by atoms with Crippen molar-refractivity contribution in [2.45, 2.75) is 19.1 Å². The summed E-state index contributed by atoms with van der Waals surface area (Å²) in [5.74, 6) is 1.55. The van der Waals surface area contributed by atoms with E-state index in [0.29, 0.717) is 36.6 Å². The number of hydrogen-bond donors (Lipinski definition) is 0. The van der Waals surface area contributed by atoms with Crippen molar-refractivity contribution >= 4 is 12.2 Å². The molecule has 3 aromatic carbocycles. The molecule has 1 heterocycles. The number of methoxy groups -OCH3 is 2. The highest BCUT2D eigenvalue weighted by molar-refractivity contribution is 5.97. The van der Waals surface area contributed by atoms with E-state index in [2.05, 4.69) is 0 Å². The van der Waals surface area contributed by atoms with Crippen LogP contribution >= 0.6 is 0 Å². The molecule has 0 fully saturated rings. The number of fused-ring (bicyclic) bond motifs is 1. The number of aldehydes is 1. The Morgan fingerprint density at radius 1 is 0.969 bits per heavy atom. The van der Waals surface area contributed by atoms with Gasteiger partial charge in [-0.1, -0.05) is 36.4 Å². The maximum atomic E-state index is 13.3. The Bertz CT molecular complexity index is 1090. The zero-order valence-corrected chi connectivity index (χ0v) is 18.1. The first kappa shape index (κ1) is 21.4. The van der Waals surface area contributed by atoms with Gasteiger partial charge in [0.2, 0.25) is 0 Å². The van der Waals surface area contributed by atoms with Crippen LogP contribution in [0.2, 0.25) is 0 Å². The third-order valence-corrected chi connectivity index (χ3v) is 5.63. The van der Waals surface area contributed by atoms with Gasteiger partial charge in [-0.2, -0.15) is 0 Å². The lowest BCUT2D eigenvalue weighted by atomic mass is 9.92. The largest absolute Gasteiger partial charge is 0.497 e. The molecule has 1 amide bonds. The number of carbonyl (C=O) groups excluding carboxylic acids is 2. The minimum Gasteiger partial charge on any atom is -0.497 e. The van der Waals surface area contributed by atoms with Crippen molar-refractivity contribution in [3.63, 3.8) is 0 Å². The van der Waals surface area contributed by atoms with Crippen molar-refractivity contribution in [3.05, 3.63) is 89.0 Å². The van der Waals surface area contributed by atoms with Crippen LogP contribution < -0.4 is 14.2 Å². The molecule has 0 saturated carbocycles. The molecule has 0 spiro atoms. The highest BCUT2D eigenvalue weighted by Crippen LogP contribution is 2.33. The molecule has 0 N–H and O–H groups in total. The molecule has 0 aromatic heterocycles. The Kier molecular flexibility index (Phi) is 6.40. The second-order valence-electron chi connectivity index (χ2n) is 7.57. The van der Waals surface area contributed by atoms with E-state index in [9.17, 15) is 9.59 Å². The SMILES string of the molecule is COc1cc(OC)cc(C(=O)N2CCc3cc(OCc4ccccc4)ccc3C2C=O)c1. The molecule has 6 heteroatoms. The molecule has 0 bridgehead atoms. The molecule has 1 atom stereocenters. The average Bonchev–Trinajstić information content (AvgIpc) is 2.86. The summed E-state index contributed by atoms with van der Waals surface area (Å²) < 4.78 is 16.5. The fourth-order valence-electron chi connectivity index (χ4n) is 3.94. The smallest absolute Gasteiger partial charge is 0.255 e. The van der Waals surface area contributed by atoms with Crippen molar-refractivity contribution < 1.29 is 23.8 Å². The van der Waals surface area contributed by atoms with E-state index < -0.39 is 6.04 Å². The Hall–Kier alpha value is -3.80. The second-order valence-corrected chi connectivity index (χ2v) is 7.57. The van der Waals surface area contributed by atoms with E-state index in [4.69, 9.17) is 14.2 Å². The topological polar surface area (TPSA) is 65.1 Å². The third-order valence-electron chi connectivity index (χ3n) is 5.63. The zero-order chi connectivity index (χ0) is 22.5. The summed E-state index contributed by atoms with van der Waals surface area (Å²) in [7, 11) is 3.07.